The van der Waals surface area contributed by atoms with Gasteiger partial charge < -0.3 is 4.98 Å². The lowest BCUT2D eigenvalue weighted by molar-refractivity contribution is 0.742. The number of hydrogen-bond donors (Lipinski definition) is 1. The van der Waals surface area contributed by atoms with Gasteiger partial charge in [-0.2, -0.15) is 0 Å². The maximum Gasteiger partial charge on any atom is 0.0463 e. The van der Waals surface area contributed by atoms with Crippen molar-refractivity contribution in [1.29, 1.82) is 0 Å². The molecule has 0 saturated heterocycles. The second kappa shape index (κ2) is 4.40. The van der Waals surface area contributed by atoms with Gasteiger partial charge in [-0.25, -0.2) is 0 Å². The van der Waals surface area contributed by atoms with Crippen LogP contribution in [0.5, 0.6) is 0 Å². The van der Waals surface area contributed by atoms with Gasteiger partial charge in [-0.05, 0) is 49.3 Å². The summed E-state index contributed by atoms with van der Waals surface area (Å²) >= 11 is 0. The van der Waals surface area contributed by atoms with Gasteiger partial charge in [0.05, 0.1) is 0 Å². The summed E-state index contributed by atoms with van der Waals surface area (Å²) in [5, 5.41) is 1.45. The summed E-state index contributed by atoms with van der Waals surface area (Å²) in [7, 11) is 0. The maximum atomic E-state index is 3.42. The topological polar surface area (TPSA) is 15.8 Å². The van der Waals surface area contributed by atoms with E-state index in [9.17, 15) is 0 Å². The molecule has 0 unspecified atom stereocenters. The third-order valence-electron chi connectivity index (χ3n) is 3.81. The van der Waals surface area contributed by atoms with Crippen LogP contribution in [-0.2, 0) is 6.42 Å². The van der Waals surface area contributed by atoms with E-state index in [0.717, 1.165) is 6.42 Å². The molecule has 1 heteroatoms. The van der Waals surface area contributed by atoms with Crippen LogP contribution in [0.2, 0.25) is 0 Å². The van der Waals surface area contributed by atoms with Gasteiger partial charge in [0.2, 0.25) is 0 Å². The largest absolute Gasteiger partial charge is 0.361 e. The van der Waals surface area contributed by atoms with Crippen LogP contribution >= 0.6 is 0 Å². The third-order valence-corrected chi connectivity index (χ3v) is 3.81. The van der Waals surface area contributed by atoms with Crippen LogP contribution in [-0.4, -0.2) is 4.98 Å². The molecule has 1 aliphatic carbocycles. The van der Waals surface area contributed by atoms with Crippen molar-refractivity contribution < 1.29 is 1.43 Å². The van der Waals surface area contributed by atoms with E-state index in [-0.39, 0.29) is 1.43 Å². The molecular formula is C16H21N. The molecule has 3 rings (SSSR count). The lowest BCUT2D eigenvalue weighted by Crippen LogP contribution is -1.92. The minimum absolute atomic E-state index is 0. The summed E-state index contributed by atoms with van der Waals surface area (Å²) in [6, 6.07) is 6.58. The Labute approximate surface area is 104 Å². The Balaban J connectivity index is 0.00000120. The summed E-state index contributed by atoms with van der Waals surface area (Å²) < 4.78 is 0. The van der Waals surface area contributed by atoms with E-state index in [1.165, 1.54) is 47.7 Å². The van der Waals surface area contributed by atoms with Crippen LogP contribution in [0.1, 0.15) is 45.2 Å². The van der Waals surface area contributed by atoms with E-state index in [4.69, 9.17) is 0 Å². The molecule has 1 aromatic heterocycles. The van der Waals surface area contributed by atoms with Crippen LogP contribution in [0, 0.1) is 0 Å². The van der Waals surface area contributed by atoms with Crippen molar-refractivity contribution in [2.45, 2.75) is 39.0 Å². The van der Waals surface area contributed by atoms with Crippen LogP contribution in [0.4, 0.5) is 0 Å². The van der Waals surface area contributed by atoms with E-state index >= 15 is 0 Å². The molecule has 0 spiro atoms. The predicted octanol–water partition coefficient (Wildman–Crippen LogP) is 4.93. The van der Waals surface area contributed by atoms with Crippen molar-refractivity contribution in [3.63, 3.8) is 0 Å². The van der Waals surface area contributed by atoms with E-state index in [2.05, 4.69) is 42.4 Å². The number of hydrogen-bond acceptors (Lipinski definition) is 0. The molecule has 0 amide bonds. The summed E-state index contributed by atoms with van der Waals surface area (Å²) in [5.74, 6) is 0. The predicted molar refractivity (Wildman–Crippen MR) is 76.2 cm³/mol. The summed E-state index contributed by atoms with van der Waals surface area (Å²) in [4.78, 5) is 3.42. The molecule has 0 atom stereocenters. The molecule has 1 nitrogen and oxygen atoms in total. The third kappa shape index (κ3) is 1.80. The molecule has 1 heterocycles. The quantitative estimate of drug-likeness (QED) is 0.748. The molecule has 17 heavy (non-hydrogen) atoms. The minimum Gasteiger partial charge on any atom is -0.361 e. The first-order chi connectivity index (χ1) is 8.40. The molecule has 90 valence electrons. The fourth-order valence-electron chi connectivity index (χ4n) is 2.89. The number of aromatic nitrogens is 1. The molecular weight excluding hydrogens is 206 g/mol. The highest BCUT2D eigenvalue weighted by Crippen LogP contribution is 2.33. The Morgan fingerprint density at radius 1 is 1.29 bits per heavy atom. The Morgan fingerprint density at radius 3 is 3.00 bits per heavy atom. The number of aryl methyl sites for hydroxylation is 1. The highest BCUT2D eigenvalue weighted by Gasteiger charge is 2.12. The summed E-state index contributed by atoms with van der Waals surface area (Å²) in [6.07, 6.45) is 10.9. The van der Waals surface area contributed by atoms with Crippen molar-refractivity contribution in [2.75, 3.05) is 0 Å². The fourth-order valence-corrected chi connectivity index (χ4v) is 2.89. The average Bonchev–Trinajstić information content (AvgIpc) is 2.83. The van der Waals surface area contributed by atoms with Gasteiger partial charge >= 0.3 is 0 Å². The smallest absolute Gasteiger partial charge is 0.0463 e. The molecule has 0 bridgehead atoms. The molecule has 1 aliphatic rings. The van der Waals surface area contributed by atoms with Crippen molar-refractivity contribution in [3.8, 4) is 0 Å². The van der Waals surface area contributed by atoms with Gasteiger partial charge in [0.1, 0.15) is 0 Å². The molecule has 0 saturated carbocycles. The Bertz CT molecular complexity index is 565. The number of benzene rings is 1. The van der Waals surface area contributed by atoms with Crippen LogP contribution in [0.3, 0.4) is 0 Å². The van der Waals surface area contributed by atoms with E-state index in [1.54, 1.807) is 5.57 Å². The van der Waals surface area contributed by atoms with Gasteiger partial charge in [-0.15, -0.1) is 0 Å². The molecule has 0 fully saturated rings. The molecule has 1 N–H and O–H groups in total. The highest BCUT2D eigenvalue weighted by atomic mass is 14.7. The number of fused-ring (bicyclic) bond motifs is 1. The van der Waals surface area contributed by atoms with Crippen molar-refractivity contribution >= 4 is 16.5 Å². The molecule has 2 aromatic rings. The summed E-state index contributed by atoms with van der Waals surface area (Å²) in [6.45, 7) is 2.24. The molecule has 0 aliphatic heterocycles. The zero-order valence-corrected chi connectivity index (χ0v) is 10.4. The monoisotopic (exact) mass is 227 g/mol. The van der Waals surface area contributed by atoms with Crippen LogP contribution in [0.25, 0.3) is 16.5 Å². The number of allylic oxidation sites excluding steroid dienone is 2. The van der Waals surface area contributed by atoms with Gasteiger partial charge in [-0.1, -0.05) is 25.1 Å². The van der Waals surface area contributed by atoms with Crippen LogP contribution in [0.15, 0.2) is 30.5 Å². The van der Waals surface area contributed by atoms with E-state index in [1.807, 2.05) is 0 Å². The molecule has 0 radical (unpaired) electrons. The van der Waals surface area contributed by atoms with Gasteiger partial charge in [0.15, 0.2) is 0 Å². The van der Waals surface area contributed by atoms with E-state index < -0.39 is 0 Å². The van der Waals surface area contributed by atoms with Gasteiger partial charge in [0.25, 0.3) is 0 Å². The van der Waals surface area contributed by atoms with Crippen molar-refractivity contribution in [2.24, 2.45) is 0 Å². The lowest BCUT2D eigenvalue weighted by atomic mass is 9.92. The molecule has 1 aromatic carbocycles. The lowest BCUT2D eigenvalue weighted by Gasteiger charge is -2.13. The Kier molecular flexibility index (Phi) is 2.76. The van der Waals surface area contributed by atoms with Crippen molar-refractivity contribution in [1.82, 2.24) is 4.98 Å². The Hall–Kier alpha value is -1.50. The minimum atomic E-state index is 0. The SMILES string of the molecule is CCc1cccc2[nH]cc(C3=CCCCC3)c12.[HH]. The van der Waals surface area contributed by atoms with Gasteiger partial charge in [-0.3, -0.25) is 0 Å². The number of aromatic amines is 1. The second-order valence-electron chi connectivity index (χ2n) is 4.87. The number of nitrogens with one attached hydrogen (secondary N) is 1. The van der Waals surface area contributed by atoms with Crippen molar-refractivity contribution in [3.05, 3.63) is 41.6 Å². The number of H-pyrrole nitrogens is 1. The zero-order chi connectivity index (χ0) is 11.7. The first-order valence-corrected chi connectivity index (χ1v) is 6.68. The normalized spacial score (nSPS) is 16.2. The summed E-state index contributed by atoms with van der Waals surface area (Å²) in [5.41, 5.74) is 5.73. The second-order valence-corrected chi connectivity index (χ2v) is 4.87. The average molecular weight is 227 g/mol. The fraction of sp³-hybridized carbons (Fsp3) is 0.375. The van der Waals surface area contributed by atoms with Gasteiger partial charge in [0, 0.05) is 24.1 Å². The number of rotatable bonds is 2. The van der Waals surface area contributed by atoms with Crippen LogP contribution < -0.4 is 0 Å². The first kappa shape index (κ1) is 10.6. The zero-order valence-electron chi connectivity index (χ0n) is 10.4. The Morgan fingerprint density at radius 2 is 2.24 bits per heavy atom. The maximum absolute atomic E-state index is 3.42. The highest BCUT2D eigenvalue weighted by molar-refractivity contribution is 5.95. The standard InChI is InChI=1S/C16H19N.H2/c1-2-12-9-6-10-15-16(12)14(11-17-15)13-7-4-3-5-8-13;/h6-7,9-11,17H,2-5,8H2,1H3;1H. The van der Waals surface area contributed by atoms with E-state index in [0.29, 0.717) is 0 Å². The first-order valence-electron chi connectivity index (χ1n) is 6.68.